The number of benzene rings is 1. The first-order valence-electron chi connectivity index (χ1n) is 6.96. The zero-order chi connectivity index (χ0) is 14.8. The lowest BCUT2D eigenvalue weighted by atomic mass is 10.2. The number of hydrogen-bond acceptors (Lipinski definition) is 4. The van der Waals surface area contributed by atoms with E-state index in [1.54, 1.807) is 41.5 Å². The quantitative estimate of drug-likeness (QED) is 0.735. The Balaban J connectivity index is 1.99. The number of oxazole rings is 1. The molecule has 0 unspecified atom stereocenters. The van der Waals surface area contributed by atoms with E-state index in [1.165, 1.54) is 0 Å². The van der Waals surface area contributed by atoms with Gasteiger partial charge in [-0.3, -0.25) is 4.79 Å². The summed E-state index contributed by atoms with van der Waals surface area (Å²) in [6.45, 7) is 5.29. The maximum Gasteiger partial charge on any atom is 0.263 e. The van der Waals surface area contributed by atoms with Crippen LogP contribution in [0.4, 0.5) is 0 Å². The Hall–Kier alpha value is -2.56. The van der Waals surface area contributed by atoms with Crippen molar-refractivity contribution in [3.8, 4) is 11.7 Å². The summed E-state index contributed by atoms with van der Waals surface area (Å²) in [5, 5.41) is 0. The van der Waals surface area contributed by atoms with Crippen LogP contribution in [-0.2, 0) is 0 Å². The van der Waals surface area contributed by atoms with Gasteiger partial charge in [-0.15, -0.1) is 0 Å². The molecule has 1 aromatic carbocycles. The first kappa shape index (κ1) is 13.4. The number of carbonyl (C=O) groups is 1. The van der Waals surface area contributed by atoms with E-state index in [0.29, 0.717) is 41.4 Å². The van der Waals surface area contributed by atoms with E-state index in [0.717, 1.165) is 0 Å². The summed E-state index contributed by atoms with van der Waals surface area (Å²) in [5.41, 5.74) is 1.89. The largest absolute Gasteiger partial charge is 0.459 e. The summed E-state index contributed by atoms with van der Waals surface area (Å²) in [6, 6.07) is 8.86. The fourth-order valence-corrected chi connectivity index (χ4v) is 2.26. The van der Waals surface area contributed by atoms with Gasteiger partial charge in [0.1, 0.15) is 5.52 Å². The van der Waals surface area contributed by atoms with Crippen LogP contribution < -0.4 is 0 Å². The molecule has 0 spiro atoms. The Morgan fingerprint density at radius 3 is 2.71 bits per heavy atom. The van der Waals surface area contributed by atoms with Crippen molar-refractivity contribution in [3.63, 3.8) is 0 Å². The SMILES string of the molecule is CCN(CC)C(=O)c1ccc2nc(-c3ccco3)oc2c1. The molecule has 2 heterocycles. The maximum absolute atomic E-state index is 12.3. The van der Waals surface area contributed by atoms with Gasteiger partial charge in [0.15, 0.2) is 11.3 Å². The van der Waals surface area contributed by atoms with Crippen LogP contribution >= 0.6 is 0 Å². The third-order valence-electron chi connectivity index (χ3n) is 3.42. The topological polar surface area (TPSA) is 59.5 Å². The van der Waals surface area contributed by atoms with Crippen LogP contribution in [-0.4, -0.2) is 28.9 Å². The third kappa shape index (κ3) is 2.42. The maximum atomic E-state index is 12.3. The second kappa shape index (κ2) is 5.44. The minimum atomic E-state index is -0.00199. The van der Waals surface area contributed by atoms with Crippen LogP contribution in [0.1, 0.15) is 24.2 Å². The van der Waals surface area contributed by atoms with Gasteiger partial charge in [-0.1, -0.05) is 0 Å². The van der Waals surface area contributed by atoms with E-state index in [-0.39, 0.29) is 5.91 Å². The van der Waals surface area contributed by atoms with Gasteiger partial charge >= 0.3 is 0 Å². The normalized spacial score (nSPS) is 11.0. The summed E-state index contributed by atoms with van der Waals surface area (Å²) < 4.78 is 10.9. The first-order chi connectivity index (χ1) is 10.2. The van der Waals surface area contributed by atoms with Crippen molar-refractivity contribution in [2.45, 2.75) is 13.8 Å². The molecule has 0 bridgehead atoms. The molecular weight excluding hydrogens is 268 g/mol. The lowest BCUT2D eigenvalue weighted by Crippen LogP contribution is -2.30. The molecule has 1 amide bonds. The summed E-state index contributed by atoms with van der Waals surface area (Å²) in [4.78, 5) is 18.5. The zero-order valence-electron chi connectivity index (χ0n) is 12.0. The average Bonchev–Trinajstić information content (AvgIpc) is 3.16. The van der Waals surface area contributed by atoms with E-state index < -0.39 is 0 Å². The highest BCUT2D eigenvalue weighted by Gasteiger charge is 2.16. The van der Waals surface area contributed by atoms with Crippen LogP contribution in [0.5, 0.6) is 0 Å². The Kier molecular flexibility index (Phi) is 3.48. The molecule has 0 fully saturated rings. The molecule has 5 heteroatoms. The highest BCUT2D eigenvalue weighted by molar-refractivity contribution is 5.97. The second-order valence-corrected chi connectivity index (χ2v) is 4.66. The molecule has 2 aromatic heterocycles. The van der Waals surface area contributed by atoms with Gasteiger partial charge in [-0.05, 0) is 44.2 Å². The van der Waals surface area contributed by atoms with Gasteiger partial charge in [0.05, 0.1) is 6.26 Å². The minimum absolute atomic E-state index is 0.00199. The molecule has 0 aliphatic carbocycles. The van der Waals surface area contributed by atoms with Crippen molar-refractivity contribution in [3.05, 3.63) is 42.2 Å². The van der Waals surface area contributed by atoms with Crippen molar-refractivity contribution >= 4 is 17.0 Å². The van der Waals surface area contributed by atoms with Gasteiger partial charge < -0.3 is 13.7 Å². The Morgan fingerprint density at radius 2 is 2.05 bits per heavy atom. The number of nitrogens with zero attached hydrogens (tertiary/aromatic N) is 2. The van der Waals surface area contributed by atoms with Crippen LogP contribution in [0.2, 0.25) is 0 Å². The zero-order valence-corrected chi connectivity index (χ0v) is 12.0. The predicted octanol–water partition coefficient (Wildman–Crippen LogP) is 3.57. The average molecular weight is 284 g/mol. The van der Waals surface area contributed by atoms with Crippen LogP contribution in [0.15, 0.2) is 45.4 Å². The monoisotopic (exact) mass is 284 g/mol. The highest BCUT2D eigenvalue weighted by atomic mass is 16.4. The summed E-state index contributed by atoms with van der Waals surface area (Å²) >= 11 is 0. The van der Waals surface area contributed by atoms with E-state index in [1.807, 2.05) is 13.8 Å². The van der Waals surface area contributed by atoms with E-state index in [2.05, 4.69) is 4.98 Å². The van der Waals surface area contributed by atoms with Gasteiger partial charge in [-0.25, -0.2) is 4.98 Å². The second-order valence-electron chi connectivity index (χ2n) is 4.66. The van der Waals surface area contributed by atoms with E-state index in [9.17, 15) is 4.79 Å². The predicted molar refractivity (Wildman–Crippen MR) is 79.0 cm³/mol. The number of hydrogen-bond donors (Lipinski definition) is 0. The molecule has 3 aromatic rings. The van der Waals surface area contributed by atoms with Gasteiger partial charge in [0, 0.05) is 18.7 Å². The fourth-order valence-electron chi connectivity index (χ4n) is 2.26. The molecule has 0 radical (unpaired) electrons. The Labute approximate surface area is 122 Å². The summed E-state index contributed by atoms with van der Waals surface area (Å²) in [5.74, 6) is 0.989. The lowest BCUT2D eigenvalue weighted by Gasteiger charge is -2.18. The van der Waals surface area contributed by atoms with Crippen LogP contribution in [0, 0.1) is 0 Å². The molecule has 0 aliphatic rings. The smallest absolute Gasteiger partial charge is 0.263 e. The minimum Gasteiger partial charge on any atom is -0.459 e. The van der Waals surface area contributed by atoms with Gasteiger partial charge in [0.25, 0.3) is 11.8 Å². The van der Waals surface area contributed by atoms with E-state index in [4.69, 9.17) is 8.83 Å². The van der Waals surface area contributed by atoms with Crippen LogP contribution in [0.25, 0.3) is 22.8 Å². The summed E-state index contributed by atoms with van der Waals surface area (Å²) in [7, 11) is 0. The molecular formula is C16H16N2O3. The number of amides is 1. The molecule has 0 saturated heterocycles. The van der Waals surface area contributed by atoms with Crippen molar-refractivity contribution in [2.75, 3.05) is 13.1 Å². The Morgan fingerprint density at radius 1 is 1.24 bits per heavy atom. The van der Waals surface area contributed by atoms with Crippen LogP contribution in [0.3, 0.4) is 0 Å². The van der Waals surface area contributed by atoms with Crippen molar-refractivity contribution in [1.82, 2.24) is 9.88 Å². The number of aromatic nitrogens is 1. The number of fused-ring (bicyclic) bond motifs is 1. The molecule has 21 heavy (non-hydrogen) atoms. The molecule has 0 atom stereocenters. The van der Waals surface area contributed by atoms with Gasteiger partial charge in [-0.2, -0.15) is 0 Å². The fraction of sp³-hybridized carbons (Fsp3) is 0.250. The number of carbonyl (C=O) groups excluding carboxylic acids is 1. The number of furan rings is 1. The lowest BCUT2D eigenvalue weighted by molar-refractivity contribution is 0.0773. The highest BCUT2D eigenvalue weighted by Crippen LogP contribution is 2.25. The van der Waals surface area contributed by atoms with E-state index >= 15 is 0 Å². The summed E-state index contributed by atoms with van der Waals surface area (Å²) in [6.07, 6.45) is 1.57. The molecule has 0 saturated carbocycles. The molecule has 0 aliphatic heterocycles. The molecule has 5 nitrogen and oxygen atoms in total. The standard InChI is InChI=1S/C16H16N2O3/c1-3-18(4-2)16(19)11-7-8-12-14(10-11)21-15(17-12)13-6-5-9-20-13/h5-10H,3-4H2,1-2H3. The first-order valence-corrected chi connectivity index (χ1v) is 6.96. The van der Waals surface area contributed by atoms with Gasteiger partial charge in [0.2, 0.25) is 0 Å². The Bertz CT molecular complexity index is 755. The molecule has 108 valence electrons. The molecule has 3 rings (SSSR count). The van der Waals surface area contributed by atoms with Crippen molar-refractivity contribution < 1.29 is 13.6 Å². The number of rotatable bonds is 4. The molecule has 0 N–H and O–H groups in total. The van der Waals surface area contributed by atoms with Crippen molar-refractivity contribution in [1.29, 1.82) is 0 Å². The van der Waals surface area contributed by atoms with Crippen molar-refractivity contribution in [2.24, 2.45) is 0 Å². The third-order valence-corrected chi connectivity index (χ3v) is 3.42.